The number of benzene rings is 1. The van der Waals surface area contributed by atoms with Crippen LogP contribution >= 0.6 is 0 Å². The van der Waals surface area contributed by atoms with E-state index < -0.39 is 5.97 Å². The van der Waals surface area contributed by atoms with Crippen molar-refractivity contribution in [3.8, 4) is 11.5 Å². The van der Waals surface area contributed by atoms with Crippen molar-refractivity contribution in [2.75, 3.05) is 26.8 Å². The second-order valence-corrected chi connectivity index (χ2v) is 4.51. The maximum Gasteiger partial charge on any atom is 0.339 e. The van der Waals surface area contributed by atoms with E-state index >= 15 is 0 Å². The number of carboxylic acids is 1. The van der Waals surface area contributed by atoms with E-state index in [0.29, 0.717) is 18.9 Å². The molecular formula is C15H21NO5. The van der Waals surface area contributed by atoms with E-state index in [2.05, 4.69) is 0 Å². The molecule has 1 amide bonds. The standard InChI is InChI=1S/C15H21NO5/c1-4-8-20-11-6-7-12(15(18)19)13(9-11)21-10-14(17)16(3)5-2/h6-7,9H,4-5,8,10H2,1-3H3,(H,18,19). The number of amides is 1. The van der Waals surface area contributed by atoms with E-state index in [9.17, 15) is 9.59 Å². The summed E-state index contributed by atoms with van der Waals surface area (Å²) in [5.41, 5.74) is 0.00537. The first kappa shape index (κ1) is 16.8. The molecule has 0 fully saturated rings. The van der Waals surface area contributed by atoms with Crippen LogP contribution in [0.1, 0.15) is 30.6 Å². The quantitative estimate of drug-likeness (QED) is 0.794. The minimum absolute atomic E-state index is 0.00537. The molecule has 0 unspecified atom stereocenters. The highest BCUT2D eigenvalue weighted by Crippen LogP contribution is 2.25. The van der Waals surface area contributed by atoms with Gasteiger partial charge in [-0.05, 0) is 25.5 Å². The third-order valence-electron chi connectivity index (χ3n) is 2.91. The van der Waals surface area contributed by atoms with E-state index in [1.807, 2.05) is 13.8 Å². The Balaban J connectivity index is 2.85. The molecule has 0 aromatic heterocycles. The highest BCUT2D eigenvalue weighted by Gasteiger charge is 2.15. The number of aromatic carboxylic acids is 1. The molecule has 6 heteroatoms. The fourth-order valence-electron chi connectivity index (χ4n) is 1.53. The Hall–Kier alpha value is -2.24. The van der Waals surface area contributed by atoms with Crippen LogP contribution in [0.3, 0.4) is 0 Å². The van der Waals surface area contributed by atoms with Crippen LogP contribution in [0.15, 0.2) is 18.2 Å². The summed E-state index contributed by atoms with van der Waals surface area (Å²) < 4.78 is 10.8. The SMILES string of the molecule is CCCOc1ccc(C(=O)O)c(OCC(=O)N(C)CC)c1. The fraction of sp³-hybridized carbons (Fsp3) is 0.467. The zero-order chi connectivity index (χ0) is 15.8. The summed E-state index contributed by atoms with van der Waals surface area (Å²) in [6.45, 7) is 4.71. The molecule has 1 N–H and O–H groups in total. The molecular weight excluding hydrogens is 274 g/mol. The Morgan fingerprint density at radius 2 is 1.95 bits per heavy atom. The zero-order valence-electron chi connectivity index (χ0n) is 12.6. The Bertz CT molecular complexity index is 501. The predicted molar refractivity (Wildman–Crippen MR) is 78.0 cm³/mol. The maximum atomic E-state index is 11.7. The summed E-state index contributed by atoms with van der Waals surface area (Å²) in [6, 6.07) is 4.49. The number of ether oxygens (including phenoxy) is 2. The molecule has 0 radical (unpaired) electrons. The first-order valence-electron chi connectivity index (χ1n) is 6.86. The van der Waals surface area contributed by atoms with Crippen LogP contribution in [0, 0.1) is 0 Å². The van der Waals surface area contributed by atoms with Crippen LogP contribution in [0.5, 0.6) is 11.5 Å². The molecule has 1 aromatic carbocycles. The van der Waals surface area contributed by atoms with Crippen molar-refractivity contribution in [2.24, 2.45) is 0 Å². The number of hydrogen-bond donors (Lipinski definition) is 1. The highest BCUT2D eigenvalue weighted by molar-refractivity contribution is 5.91. The summed E-state index contributed by atoms with van der Waals surface area (Å²) in [6.07, 6.45) is 0.844. The Kier molecular flexibility index (Phi) is 6.52. The lowest BCUT2D eigenvalue weighted by Crippen LogP contribution is -2.31. The maximum absolute atomic E-state index is 11.7. The molecule has 1 aromatic rings. The highest BCUT2D eigenvalue weighted by atomic mass is 16.5. The number of rotatable bonds is 8. The predicted octanol–water partition coefficient (Wildman–Crippen LogP) is 2.03. The van der Waals surface area contributed by atoms with Crippen LogP contribution in [-0.2, 0) is 4.79 Å². The van der Waals surface area contributed by atoms with Crippen LogP contribution in [0.2, 0.25) is 0 Å². The topological polar surface area (TPSA) is 76.1 Å². The lowest BCUT2D eigenvalue weighted by molar-refractivity contribution is -0.131. The minimum Gasteiger partial charge on any atom is -0.493 e. The van der Waals surface area contributed by atoms with Crippen LogP contribution in [0.25, 0.3) is 0 Å². The molecule has 0 atom stereocenters. The van der Waals surface area contributed by atoms with E-state index in [0.717, 1.165) is 6.42 Å². The van der Waals surface area contributed by atoms with E-state index in [1.54, 1.807) is 13.1 Å². The molecule has 0 aliphatic carbocycles. The summed E-state index contributed by atoms with van der Waals surface area (Å²) >= 11 is 0. The van der Waals surface area contributed by atoms with Crippen molar-refractivity contribution in [3.05, 3.63) is 23.8 Å². The second kappa shape index (κ2) is 8.14. The van der Waals surface area contributed by atoms with Gasteiger partial charge in [-0.15, -0.1) is 0 Å². The van der Waals surface area contributed by atoms with E-state index in [4.69, 9.17) is 14.6 Å². The van der Waals surface area contributed by atoms with Crippen LogP contribution in [-0.4, -0.2) is 48.7 Å². The number of carbonyl (C=O) groups excluding carboxylic acids is 1. The summed E-state index contributed by atoms with van der Waals surface area (Å²) in [5.74, 6) is -0.667. The van der Waals surface area contributed by atoms with Gasteiger partial charge in [0, 0.05) is 19.7 Å². The van der Waals surface area contributed by atoms with Gasteiger partial charge in [-0.25, -0.2) is 4.79 Å². The molecule has 0 saturated heterocycles. The number of likely N-dealkylation sites (N-methyl/N-ethyl adjacent to an activating group) is 1. The Morgan fingerprint density at radius 1 is 1.24 bits per heavy atom. The number of carboxylic acid groups (broad SMARTS) is 1. The first-order valence-corrected chi connectivity index (χ1v) is 6.86. The lowest BCUT2D eigenvalue weighted by Gasteiger charge is -2.16. The van der Waals surface area contributed by atoms with Crippen LogP contribution in [0.4, 0.5) is 0 Å². The third-order valence-corrected chi connectivity index (χ3v) is 2.91. The average molecular weight is 295 g/mol. The lowest BCUT2D eigenvalue weighted by atomic mass is 10.2. The van der Waals surface area contributed by atoms with Gasteiger partial charge in [0.25, 0.3) is 5.91 Å². The van der Waals surface area contributed by atoms with Gasteiger partial charge in [-0.1, -0.05) is 6.92 Å². The van der Waals surface area contributed by atoms with Gasteiger partial charge in [-0.3, -0.25) is 4.79 Å². The van der Waals surface area contributed by atoms with Crippen molar-refractivity contribution in [1.82, 2.24) is 4.90 Å². The molecule has 0 bridgehead atoms. The van der Waals surface area contributed by atoms with Crippen molar-refractivity contribution in [2.45, 2.75) is 20.3 Å². The largest absolute Gasteiger partial charge is 0.493 e. The number of carbonyl (C=O) groups is 2. The summed E-state index contributed by atoms with van der Waals surface area (Å²) in [4.78, 5) is 24.4. The van der Waals surface area contributed by atoms with Gasteiger partial charge in [0.2, 0.25) is 0 Å². The summed E-state index contributed by atoms with van der Waals surface area (Å²) in [5, 5.41) is 9.14. The van der Waals surface area contributed by atoms with Crippen LogP contribution < -0.4 is 9.47 Å². The third kappa shape index (κ3) is 4.98. The van der Waals surface area contributed by atoms with Crippen molar-refractivity contribution >= 4 is 11.9 Å². The van der Waals surface area contributed by atoms with Gasteiger partial charge in [0.1, 0.15) is 17.1 Å². The van der Waals surface area contributed by atoms with E-state index in [1.165, 1.54) is 17.0 Å². The van der Waals surface area contributed by atoms with E-state index in [-0.39, 0.29) is 23.8 Å². The average Bonchev–Trinajstić information content (AvgIpc) is 2.49. The zero-order valence-corrected chi connectivity index (χ0v) is 12.6. The van der Waals surface area contributed by atoms with Gasteiger partial charge in [0.15, 0.2) is 6.61 Å². The number of nitrogens with zero attached hydrogens (tertiary/aromatic N) is 1. The smallest absolute Gasteiger partial charge is 0.339 e. The Labute approximate surface area is 124 Å². The summed E-state index contributed by atoms with van der Waals surface area (Å²) in [7, 11) is 1.66. The van der Waals surface area contributed by atoms with Crippen molar-refractivity contribution < 1.29 is 24.2 Å². The van der Waals surface area contributed by atoms with Crippen molar-refractivity contribution in [1.29, 1.82) is 0 Å². The van der Waals surface area contributed by atoms with Crippen molar-refractivity contribution in [3.63, 3.8) is 0 Å². The monoisotopic (exact) mass is 295 g/mol. The molecule has 116 valence electrons. The molecule has 6 nitrogen and oxygen atoms in total. The van der Waals surface area contributed by atoms with Gasteiger partial charge >= 0.3 is 5.97 Å². The Morgan fingerprint density at radius 3 is 2.52 bits per heavy atom. The number of hydrogen-bond acceptors (Lipinski definition) is 4. The molecule has 0 saturated carbocycles. The molecule has 0 aliphatic heterocycles. The minimum atomic E-state index is -1.11. The molecule has 0 spiro atoms. The van der Waals surface area contributed by atoms with Gasteiger partial charge in [-0.2, -0.15) is 0 Å². The molecule has 21 heavy (non-hydrogen) atoms. The normalized spacial score (nSPS) is 10.0. The molecule has 1 rings (SSSR count). The second-order valence-electron chi connectivity index (χ2n) is 4.51. The van der Waals surface area contributed by atoms with Gasteiger partial charge < -0.3 is 19.5 Å². The molecule has 0 heterocycles. The molecule has 0 aliphatic rings. The first-order chi connectivity index (χ1) is 9.99. The van der Waals surface area contributed by atoms with Gasteiger partial charge in [0.05, 0.1) is 6.61 Å². The fourth-order valence-corrected chi connectivity index (χ4v) is 1.53.